The molecule has 0 aromatic heterocycles. The lowest BCUT2D eigenvalue weighted by molar-refractivity contribution is 0.311. The molecule has 1 nitrogen and oxygen atoms in total. The highest BCUT2D eigenvalue weighted by Crippen LogP contribution is 2.34. The first-order valence-corrected chi connectivity index (χ1v) is 6.60. The normalized spacial score (nSPS) is 26.4. The molecule has 1 saturated heterocycles. The van der Waals surface area contributed by atoms with Gasteiger partial charge in [0, 0.05) is 5.54 Å². The van der Waals surface area contributed by atoms with Gasteiger partial charge in [0.15, 0.2) is 0 Å². The zero-order valence-corrected chi connectivity index (χ0v) is 10.6. The van der Waals surface area contributed by atoms with Crippen molar-refractivity contribution in [3.05, 3.63) is 35.4 Å². The molecule has 1 atom stereocenters. The fourth-order valence-electron chi connectivity index (χ4n) is 2.98. The molecule has 16 heavy (non-hydrogen) atoms. The molecule has 0 saturated carbocycles. The third-order valence-corrected chi connectivity index (χ3v) is 4.01. The van der Waals surface area contributed by atoms with Gasteiger partial charge >= 0.3 is 0 Å². The maximum atomic E-state index is 3.80. The molecule has 0 aliphatic carbocycles. The number of aryl methyl sites for hydroxylation is 1. The van der Waals surface area contributed by atoms with Gasteiger partial charge in [-0.15, -0.1) is 0 Å². The molecular formula is C15H23N. The van der Waals surface area contributed by atoms with Gasteiger partial charge in [-0.1, -0.05) is 44.0 Å². The van der Waals surface area contributed by atoms with Crippen LogP contribution in [0.5, 0.6) is 0 Å². The van der Waals surface area contributed by atoms with Crippen molar-refractivity contribution in [2.75, 3.05) is 6.54 Å². The van der Waals surface area contributed by atoms with E-state index in [9.17, 15) is 0 Å². The van der Waals surface area contributed by atoms with E-state index in [1.54, 1.807) is 0 Å². The van der Waals surface area contributed by atoms with E-state index in [4.69, 9.17) is 0 Å². The molecule has 2 rings (SSSR count). The van der Waals surface area contributed by atoms with Gasteiger partial charge in [0.1, 0.15) is 0 Å². The monoisotopic (exact) mass is 217 g/mol. The van der Waals surface area contributed by atoms with Crippen LogP contribution in [0, 0.1) is 6.92 Å². The van der Waals surface area contributed by atoms with Crippen LogP contribution in [0.15, 0.2) is 24.3 Å². The molecule has 1 fully saturated rings. The topological polar surface area (TPSA) is 12.0 Å². The van der Waals surface area contributed by atoms with Crippen molar-refractivity contribution in [2.45, 2.75) is 51.5 Å². The van der Waals surface area contributed by atoms with Gasteiger partial charge < -0.3 is 5.32 Å². The van der Waals surface area contributed by atoms with E-state index >= 15 is 0 Å². The quantitative estimate of drug-likeness (QED) is 0.795. The Morgan fingerprint density at radius 2 is 2.00 bits per heavy atom. The smallest absolute Gasteiger partial charge is 0.0434 e. The second kappa shape index (κ2) is 5.01. The standard InChI is InChI=1S/C15H23N/c1-3-15(11-7-4-8-12-16-15)14-10-6-5-9-13(14)2/h5-6,9-10,16H,3-4,7-8,11-12H2,1-2H3. The van der Waals surface area contributed by atoms with Crippen LogP contribution in [-0.4, -0.2) is 6.54 Å². The van der Waals surface area contributed by atoms with Gasteiger partial charge in [-0.3, -0.25) is 0 Å². The SMILES string of the molecule is CCC1(c2ccccc2C)CCCCCN1. The fraction of sp³-hybridized carbons (Fsp3) is 0.600. The first-order chi connectivity index (χ1) is 7.78. The summed E-state index contributed by atoms with van der Waals surface area (Å²) in [5.74, 6) is 0. The lowest BCUT2D eigenvalue weighted by atomic mass is 9.81. The Hall–Kier alpha value is -0.820. The minimum atomic E-state index is 0.238. The summed E-state index contributed by atoms with van der Waals surface area (Å²) in [6, 6.07) is 8.85. The predicted molar refractivity (Wildman–Crippen MR) is 69.6 cm³/mol. The average molecular weight is 217 g/mol. The van der Waals surface area contributed by atoms with Crippen LogP contribution in [0.1, 0.15) is 50.2 Å². The third-order valence-electron chi connectivity index (χ3n) is 4.01. The van der Waals surface area contributed by atoms with E-state index < -0.39 is 0 Å². The predicted octanol–water partition coefficient (Wildman–Crippen LogP) is 3.76. The fourth-order valence-corrected chi connectivity index (χ4v) is 2.98. The molecule has 1 aromatic rings. The average Bonchev–Trinajstić information content (AvgIpc) is 2.56. The number of rotatable bonds is 2. The van der Waals surface area contributed by atoms with Gasteiger partial charge in [0.2, 0.25) is 0 Å². The van der Waals surface area contributed by atoms with Crippen LogP contribution in [0.3, 0.4) is 0 Å². The largest absolute Gasteiger partial charge is 0.307 e. The Bertz CT molecular complexity index is 335. The van der Waals surface area contributed by atoms with Crippen molar-refractivity contribution < 1.29 is 0 Å². The lowest BCUT2D eigenvalue weighted by Crippen LogP contribution is -2.41. The van der Waals surface area contributed by atoms with Gasteiger partial charge in [-0.05, 0) is 43.9 Å². The molecule has 1 aliphatic heterocycles. The second-order valence-electron chi connectivity index (χ2n) is 4.99. The van der Waals surface area contributed by atoms with Crippen molar-refractivity contribution in [3.8, 4) is 0 Å². The van der Waals surface area contributed by atoms with Crippen molar-refractivity contribution >= 4 is 0 Å². The molecular weight excluding hydrogens is 194 g/mol. The highest BCUT2D eigenvalue weighted by molar-refractivity contribution is 5.33. The molecule has 1 heteroatoms. The van der Waals surface area contributed by atoms with E-state index in [1.165, 1.54) is 49.8 Å². The molecule has 0 amide bonds. The molecule has 1 N–H and O–H groups in total. The summed E-state index contributed by atoms with van der Waals surface area (Å²) in [7, 11) is 0. The highest BCUT2D eigenvalue weighted by atomic mass is 15.0. The van der Waals surface area contributed by atoms with Crippen molar-refractivity contribution in [2.24, 2.45) is 0 Å². The van der Waals surface area contributed by atoms with Crippen LogP contribution < -0.4 is 5.32 Å². The third kappa shape index (κ3) is 2.15. The molecule has 1 aliphatic rings. The van der Waals surface area contributed by atoms with E-state index in [-0.39, 0.29) is 5.54 Å². The van der Waals surface area contributed by atoms with Crippen molar-refractivity contribution in [3.63, 3.8) is 0 Å². The summed E-state index contributed by atoms with van der Waals surface area (Å²) in [4.78, 5) is 0. The molecule has 1 aromatic carbocycles. The number of nitrogens with one attached hydrogen (secondary N) is 1. The van der Waals surface area contributed by atoms with E-state index in [2.05, 4.69) is 43.4 Å². The Labute approximate surface area is 99.3 Å². The Morgan fingerprint density at radius 1 is 1.19 bits per heavy atom. The molecule has 0 bridgehead atoms. The summed E-state index contributed by atoms with van der Waals surface area (Å²) in [5, 5.41) is 3.80. The molecule has 1 unspecified atom stereocenters. The molecule has 88 valence electrons. The van der Waals surface area contributed by atoms with Crippen molar-refractivity contribution in [1.82, 2.24) is 5.32 Å². The first kappa shape index (κ1) is 11.7. The Morgan fingerprint density at radius 3 is 2.75 bits per heavy atom. The second-order valence-corrected chi connectivity index (χ2v) is 4.99. The van der Waals surface area contributed by atoms with E-state index in [1.807, 2.05) is 0 Å². The summed E-state index contributed by atoms with van der Waals surface area (Å²) in [5.41, 5.74) is 3.18. The van der Waals surface area contributed by atoms with Crippen LogP contribution in [0.2, 0.25) is 0 Å². The number of hydrogen-bond donors (Lipinski definition) is 1. The van der Waals surface area contributed by atoms with Crippen LogP contribution in [0.25, 0.3) is 0 Å². The van der Waals surface area contributed by atoms with Crippen molar-refractivity contribution in [1.29, 1.82) is 0 Å². The first-order valence-electron chi connectivity index (χ1n) is 6.60. The summed E-state index contributed by atoms with van der Waals surface area (Å²) in [6.07, 6.45) is 6.54. The van der Waals surface area contributed by atoms with Gasteiger partial charge in [0.05, 0.1) is 0 Å². The van der Waals surface area contributed by atoms with E-state index in [0.29, 0.717) is 0 Å². The summed E-state index contributed by atoms with van der Waals surface area (Å²) >= 11 is 0. The number of benzene rings is 1. The maximum absolute atomic E-state index is 3.80. The Kier molecular flexibility index (Phi) is 3.65. The summed E-state index contributed by atoms with van der Waals surface area (Å²) < 4.78 is 0. The minimum absolute atomic E-state index is 0.238. The highest BCUT2D eigenvalue weighted by Gasteiger charge is 2.31. The van der Waals surface area contributed by atoms with Crippen LogP contribution in [-0.2, 0) is 5.54 Å². The van der Waals surface area contributed by atoms with Gasteiger partial charge in [-0.25, -0.2) is 0 Å². The molecule has 1 heterocycles. The van der Waals surface area contributed by atoms with Crippen LogP contribution in [0.4, 0.5) is 0 Å². The Balaban J connectivity index is 2.36. The van der Waals surface area contributed by atoms with Gasteiger partial charge in [-0.2, -0.15) is 0 Å². The van der Waals surface area contributed by atoms with Gasteiger partial charge in [0.25, 0.3) is 0 Å². The van der Waals surface area contributed by atoms with E-state index in [0.717, 1.165) is 0 Å². The number of hydrogen-bond acceptors (Lipinski definition) is 1. The molecule has 0 spiro atoms. The summed E-state index contributed by atoms with van der Waals surface area (Å²) in [6.45, 7) is 5.71. The zero-order valence-electron chi connectivity index (χ0n) is 10.6. The minimum Gasteiger partial charge on any atom is -0.307 e. The zero-order chi connectivity index (χ0) is 11.4. The van der Waals surface area contributed by atoms with Crippen LogP contribution >= 0.6 is 0 Å². The maximum Gasteiger partial charge on any atom is 0.0434 e. The lowest BCUT2D eigenvalue weighted by Gasteiger charge is -2.34. The molecule has 0 radical (unpaired) electrons.